The number of carbonyl (C=O) groups excluding carboxylic acids is 2. The quantitative estimate of drug-likeness (QED) is 0.828. The van der Waals surface area contributed by atoms with E-state index in [1.807, 2.05) is 51.1 Å². The van der Waals surface area contributed by atoms with Gasteiger partial charge < -0.3 is 14.4 Å². The molecule has 1 aromatic carbocycles. The lowest BCUT2D eigenvalue weighted by atomic mass is 10.2. The van der Waals surface area contributed by atoms with Crippen LogP contribution in [-0.4, -0.2) is 73.0 Å². The summed E-state index contributed by atoms with van der Waals surface area (Å²) in [5.74, 6) is 0. The third-order valence-corrected chi connectivity index (χ3v) is 4.43. The molecule has 2 aliphatic heterocycles. The summed E-state index contributed by atoms with van der Waals surface area (Å²) in [6.07, 6.45) is -0.718. The van der Waals surface area contributed by atoms with E-state index in [4.69, 9.17) is 9.47 Å². The number of benzene rings is 1. The summed E-state index contributed by atoms with van der Waals surface area (Å²) in [4.78, 5) is 29.9. The highest BCUT2D eigenvalue weighted by atomic mass is 16.6. The maximum absolute atomic E-state index is 12.1. The molecule has 0 aliphatic carbocycles. The first-order valence-corrected chi connectivity index (χ1v) is 9.05. The largest absolute Gasteiger partial charge is 0.444 e. The third kappa shape index (κ3) is 4.66. The van der Waals surface area contributed by atoms with Gasteiger partial charge in [0.2, 0.25) is 0 Å². The molecule has 2 heterocycles. The SMILES string of the molecule is CC(C)(C)OC(=O)N1CCN(CC2CN(c3ccccc3)C(=O)O2)CC1. The van der Waals surface area contributed by atoms with Crippen LogP contribution in [0.4, 0.5) is 15.3 Å². The van der Waals surface area contributed by atoms with Gasteiger partial charge in [0.05, 0.1) is 6.54 Å². The Balaban J connectivity index is 1.47. The van der Waals surface area contributed by atoms with Gasteiger partial charge in [0, 0.05) is 38.4 Å². The Morgan fingerprint density at radius 1 is 1.15 bits per heavy atom. The molecule has 0 N–H and O–H groups in total. The second-order valence-corrected chi connectivity index (χ2v) is 7.72. The summed E-state index contributed by atoms with van der Waals surface area (Å²) in [5.41, 5.74) is 0.377. The summed E-state index contributed by atoms with van der Waals surface area (Å²) in [5, 5.41) is 0. The Bertz CT molecular complexity index is 636. The van der Waals surface area contributed by atoms with E-state index in [9.17, 15) is 9.59 Å². The molecular formula is C19H27N3O4. The lowest BCUT2D eigenvalue weighted by Crippen LogP contribution is -2.51. The van der Waals surface area contributed by atoms with Crippen molar-refractivity contribution in [2.75, 3.05) is 44.2 Å². The van der Waals surface area contributed by atoms with Crippen molar-refractivity contribution < 1.29 is 19.1 Å². The molecule has 26 heavy (non-hydrogen) atoms. The molecule has 1 aromatic rings. The van der Waals surface area contributed by atoms with Crippen LogP contribution in [0.3, 0.4) is 0 Å². The van der Waals surface area contributed by atoms with Gasteiger partial charge in [0.15, 0.2) is 0 Å². The lowest BCUT2D eigenvalue weighted by molar-refractivity contribution is 0.0113. The zero-order chi connectivity index (χ0) is 18.7. The molecule has 2 saturated heterocycles. The van der Waals surface area contributed by atoms with E-state index in [0.717, 1.165) is 18.8 Å². The second kappa shape index (κ2) is 7.53. The van der Waals surface area contributed by atoms with E-state index in [1.165, 1.54) is 0 Å². The zero-order valence-electron chi connectivity index (χ0n) is 15.7. The van der Waals surface area contributed by atoms with E-state index >= 15 is 0 Å². The number of carbonyl (C=O) groups is 2. The number of ether oxygens (including phenoxy) is 2. The number of hydrogen-bond acceptors (Lipinski definition) is 5. The molecule has 7 heteroatoms. The highest BCUT2D eigenvalue weighted by molar-refractivity contribution is 5.89. The van der Waals surface area contributed by atoms with Crippen molar-refractivity contribution in [3.8, 4) is 0 Å². The van der Waals surface area contributed by atoms with E-state index in [1.54, 1.807) is 9.80 Å². The monoisotopic (exact) mass is 361 g/mol. The van der Waals surface area contributed by atoms with E-state index in [2.05, 4.69) is 4.90 Å². The van der Waals surface area contributed by atoms with Gasteiger partial charge in [-0.05, 0) is 32.9 Å². The summed E-state index contributed by atoms with van der Waals surface area (Å²) in [7, 11) is 0. The zero-order valence-corrected chi connectivity index (χ0v) is 15.7. The minimum absolute atomic E-state index is 0.157. The summed E-state index contributed by atoms with van der Waals surface area (Å²) < 4.78 is 10.9. The first kappa shape index (κ1) is 18.5. The average Bonchev–Trinajstić information content (AvgIpc) is 2.95. The van der Waals surface area contributed by atoms with Crippen molar-refractivity contribution in [1.82, 2.24) is 9.80 Å². The predicted octanol–water partition coefficient (Wildman–Crippen LogP) is 2.56. The molecular weight excluding hydrogens is 334 g/mol. The number of nitrogens with zero attached hydrogens (tertiary/aromatic N) is 3. The van der Waals surface area contributed by atoms with E-state index < -0.39 is 5.60 Å². The molecule has 3 rings (SSSR count). The van der Waals surface area contributed by atoms with Crippen molar-refractivity contribution >= 4 is 17.9 Å². The van der Waals surface area contributed by atoms with E-state index in [-0.39, 0.29) is 18.3 Å². The highest BCUT2D eigenvalue weighted by Crippen LogP contribution is 2.22. The van der Waals surface area contributed by atoms with Crippen LogP contribution >= 0.6 is 0 Å². The van der Waals surface area contributed by atoms with Crippen LogP contribution in [0.15, 0.2) is 30.3 Å². The van der Waals surface area contributed by atoms with Crippen LogP contribution in [0, 0.1) is 0 Å². The summed E-state index contributed by atoms with van der Waals surface area (Å²) in [6, 6.07) is 9.55. The molecule has 2 amide bonds. The molecule has 0 aromatic heterocycles. The van der Waals surface area contributed by atoms with Crippen LogP contribution in [0.25, 0.3) is 0 Å². The third-order valence-electron chi connectivity index (χ3n) is 4.43. The van der Waals surface area contributed by atoms with Crippen LogP contribution in [0.2, 0.25) is 0 Å². The number of anilines is 1. The topological polar surface area (TPSA) is 62.3 Å². The molecule has 1 unspecified atom stereocenters. The number of hydrogen-bond donors (Lipinski definition) is 0. The Kier molecular flexibility index (Phi) is 5.36. The summed E-state index contributed by atoms with van der Waals surface area (Å²) >= 11 is 0. The molecule has 1 atom stereocenters. The molecule has 2 aliphatic rings. The van der Waals surface area contributed by atoms with Gasteiger partial charge >= 0.3 is 12.2 Å². The van der Waals surface area contributed by atoms with Crippen LogP contribution in [0.5, 0.6) is 0 Å². The van der Waals surface area contributed by atoms with E-state index in [0.29, 0.717) is 26.2 Å². The highest BCUT2D eigenvalue weighted by Gasteiger charge is 2.34. The van der Waals surface area contributed by atoms with Crippen LogP contribution in [-0.2, 0) is 9.47 Å². The smallest absolute Gasteiger partial charge is 0.414 e. The Morgan fingerprint density at radius 2 is 1.81 bits per heavy atom. The van der Waals surface area contributed by atoms with Crippen LogP contribution < -0.4 is 4.90 Å². The number of para-hydroxylation sites is 1. The van der Waals surface area contributed by atoms with Crippen LogP contribution in [0.1, 0.15) is 20.8 Å². The fourth-order valence-corrected chi connectivity index (χ4v) is 3.16. The van der Waals surface area contributed by atoms with Gasteiger partial charge in [0.1, 0.15) is 11.7 Å². The van der Waals surface area contributed by atoms with Gasteiger partial charge in [-0.2, -0.15) is 0 Å². The average molecular weight is 361 g/mol. The fraction of sp³-hybridized carbons (Fsp3) is 0.579. The number of piperazine rings is 1. The normalized spacial score (nSPS) is 21.7. The minimum Gasteiger partial charge on any atom is -0.444 e. The maximum Gasteiger partial charge on any atom is 0.414 e. The number of amides is 2. The van der Waals surface area contributed by atoms with Gasteiger partial charge in [-0.1, -0.05) is 18.2 Å². The van der Waals surface area contributed by atoms with Gasteiger partial charge in [-0.15, -0.1) is 0 Å². The predicted molar refractivity (Wildman–Crippen MR) is 98.3 cm³/mol. The first-order valence-electron chi connectivity index (χ1n) is 9.05. The molecule has 0 saturated carbocycles. The van der Waals surface area contributed by atoms with Crippen molar-refractivity contribution in [2.45, 2.75) is 32.5 Å². The fourth-order valence-electron chi connectivity index (χ4n) is 3.16. The second-order valence-electron chi connectivity index (χ2n) is 7.72. The lowest BCUT2D eigenvalue weighted by Gasteiger charge is -2.36. The molecule has 0 radical (unpaired) electrons. The van der Waals surface area contributed by atoms with Gasteiger partial charge in [-0.3, -0.25) is 9.80 Å². The Morgan fingerprint density at radius 3 is 2.42 bits per heavy atom. The molecule has 2 fully saturated rings. The van der Waals surface area contributed by atoms with Crippen molar-refractivity contribution in [2.24, 2.45) is 0 Å². The van der Waals surface area contributed by atoms with Gasteiger partial charge in [0.25, 0.3) is 0 Å². The summed E-state index contributed by atoms with van der Waals surface area (Å²) in [6.45, 7) is 9.58. The molecule has 142 valence electrons. The van der Waals surface area contributed by atoms with Crippen molar-refractivity contribution in [3.63, 3.8) is 0 Å². The number of cyclic esters (lactones) is 1. The Labute approximate surface area is 154 Å². The Hall–Kier alpha value is -2.28. The van der Waals surface area contributed by atoms with Crippen molar-refractivity contribution in [1.29, 1.82) is 0 Å². The van der Waals surface area contributed by atoms with Gasteiger partial charge in [-0.25, -0.2) is 9.59 Å². The molecule has 0 spiro atoms. The maximum atomic E-state index is 12.1. The number of rotatable bonds is 3. The molecule has 7 nitrogen and oxygen atoms in total. The first-order chi connectivity index (χ1) is 12.3. The standard InChI is InChI=1S/C19H27N3O4/c1-19(2,3)26-17(23)21-11-9-20(10-12-21)13-16-14-22(18(24)25-16)15-7-5-4-6-8-15/h4-8,16H,9-14H2,1-3H3. The van der Waals surface area contributed by atoms with Crippen molar-refractivity contribution in [3.05, 3.63) is 30.3 Å². The minimum atomic E-state index is -0.479. The molecule has 0 bridgehead atoms.